The summed E-state index contributed by atoms with van der Waals surface area (Å²) in [5.74, 6) is 0. The summed E-state index contributed by atoms with van der Waals surface area (Å²) < 4.78 is 0. The number of hydrogen-bond donors (Lipinski definition) is 0. The molecular formula is C16H33N. The second-order valence-electron chi connectivity index (χ2n) is 6.41. The average molecular weight is 239 g/mol. The molecule has 0 radical (unpaired) electrons. The van der Waals surface area contributed by atoms with Crippen LogP contribution in [0.3, 0.4) is 0 Å². The highest BCUT2D eigenvalue weighted by Gasteiger charge is 2.36. The summed E-state index contributed by atoms with van der Waals surface area (Å²) in [7, 11) is 0. The maximum atomic E-state index is 2.74. The number of nitrogens with zero attached hydrogens (tertiary/aromatic N) is 1. The Morgan fingerprint density at radius 2 is 1.71 bits per heavy atom. The van der Waals surface area contributed by atoms with Gasteiger partial charge in [-0.3, -0.25) is 4.90 Å². The van der Waals surface area contributed by atoms with Crippen LogP contribution in [-0.4, -0.2) is 23.0 Å². The molecule has 0 aromatic carbocycles. The van der Waals surface area contributed by atoms with Crippen LogP contribution in [0.2, 0.25) is 0 Å². The number of unbranched alkanes of at least 4 members (excludes halogenated alkanes) is 5. The van der Waals surface area contributed by atoms with Crippen molar-refractivity contribution in [2.24, 2.45) is 0 Å². The maximum absolute atomic E-state index is 2.74. The molecule has 0 saturated carbocycles. The van der Waals surface area contributed by atoms with Crippen LogP contribution in [0.25, 0.3) is 0 Å². The summed E-state index contributed by atoms with van der Waals surface area (Å²) in [5.41, 5.74) is 0.513. The summed E-state index contributed by atoms with van der Waals surface area (Å²) in [6.45, 7) is 10.8. The monoisotopic (exact) mass is 239 g/mol. The first-order valence-electron chi connectivity index (χ1n) is 7.87. The molecule has 0 aromatic heterocycles. The Morgan fingerprint density at radius 1 is 1.06 bits per heavy atom. The Kier molecular flexibility index (Phi) is 6.54. The van der Waals surface area contributed by atoms with E-state index in [2.05, 4.69) is 32.6 Å². The zero-order chi connectivity index (χ0) is 12.7. The molecule has 1 rings (SSSR count). The van der Waals surface area contributed by atoms with Crippen LogP contribution in [-0.2, 0) is 0 Å². The molecule has 1 heterocycles. The minimum absolute atomic E-state index is 0.513. The highest BCUT2D eigenvalue weighted by atomic mass is 15.2. The third kappa shape index (κ3) is 4.62. The fourth-order valence-corrected chi connectivity index (χ4v) is 3.48. The van der Waals surface area contributed by atoms with Crippen LogP contribution in [0, 0.1) is 0 Å². The Labute approximate surface area is 109 Å². The van der Waals surface area contributed by atoms with Gasteiger partial charge >= 0.3 is 0 Å². The lowest BCUT2D eigenvalue weighted by atomic mass is 9.90. The SMILES string of the molecule is CCCCCCCCC1(C)CCCN1C(C)C. The Bertz CT molecular complexity index is 200. The van der Waals surface area contributed by atoms with E-state index in [0.29, 0.717) is 5.54 Å². The van der Waals surface area contributed by atoms with Gasteiger partial charge in [0.05, 0.1) is 0 Å². The van der Waals surface area contributed by atoms with Gasteiger partial charge in [0.2, 0.25) is 0 Å². The van der Waals surface area contributed by atoms with Crippen LogP contribution >= 0.6 is 0 Å². The lowest BCUT2D eigenvalue weighted by molar-refractivity contribution is 0.106. The van der Waals surface area contributed by atoms with Gasteiger partial charge in [0, 0.05) is 11.6 Å². The van der Waals surface area contributed by atoms with E-state index in [1.165, 1.54) is 64.3 Å². The summed E-state index contributed by atoms with van der Waals surface area (Å²) in [5, 5.41) is 0. The zero-order valence-corrected chi connectivity index (χ0v) is 12.6. The molecule has 0 spiro atoms. The summed E-state index contributed by atoms with van der Waals surface area (Å²) in [6, 6.07) is 0.725. The minimum atomic E-state index is 0.513. The number of hydrogen-bond acceptors (Lipinski definition) is 1. The largest absolute Gasteiger partial charge is 0.296 e. The fourth-order valence-electron chi connectivity index (χ4n) is 3.48. The van der Waals surface area contributed by atoms with E-state index in [1.807, 2.05) is 0 Å². The zero-order valence-electron chi connectivity index (χ0n) is 12.6. The molecule has 1 atom stereocenters. The maximum Gasteiger partial charge on any atom is 0.0184 e. The molecule has 1 nitrogen and oxygen atoms in total. The highest BCUT2D eigenvalue weighted by molar-refractivity contribution is 4.93. The Balaban J connectivity index is 2.20. The van der Waals surface area contributed by atoms with Crippen molar-refractivity contribution in [3.63, 3.8) is 0 Å². The Morgan fingerprint density at radius 3 is 2.35 bits per heavy atom. The third-order valence-electron chi connectivity index (χ3n) is 4.50. The first-order valence-corrected chi connectivity index (χ1v) is 7.87. The lowest BCUT2D eigenvalue weighted by Crippen LogP contribution is -2.45. The normalized spacial score (nSPS) is 25.9. The van der Waals surface area contributed by atoms with Crippen LogP contribution < -0.4 is 0 Å². The van der Waals surface area contributed by atoms with Crippen molar-refractivity contribution in [1.29, 1.82) is 0 Å². The van der Waals surface area contributed by atoms with E-state index in [1.54, 1.807) is 0 Å². The highest BCUT2D eigenvalue weighted by Crippen LogP contribution is 2.35. The predicted octanol–water partition coefficient (Wildman–Crippen LogP) is 5.00. The van der Waals surface area contributed by atoms with Gasteiger partial charge in [-0.05, 0) is 46.6 Å². The molecule has 1 unspecified atom stereocenters. The first kappa shape index (κ1) is 15.0. The van der Waals surface area contributed by atoms with Gasteiger partial charge in [0.25, 0.3) is 0 Å². The average Bonchev–Trinajstić information content (AvgIpc) is 2.66. The summed E-state index contributed by atoms with van der Waals surface area (Å²) in [6.07, 6.45) is 12.8. The number of rotatable bonds is 8. The summed E-state index contributed by atoms with van der Waals surface area (Å²) in [4.78, 5) is 2.74. The molecule has 1 saturated heterocycles. The van der Waals surface area contributed by atoms with Gasteiger partial charge in [0.1, 0.15) is 0 Å². The Hall–Kier alpha value is -0.0400. The van der Waals surface area contributed by atoms with Crippen molar-refractivity contribution in [3.8, 4) is 0 Å². The van der Waals surface area contributed by atoms with Crippen molar-refractivity contribution in [2.75, 3.05) is 6.54 Å². The molecule has 1 aliphatic rings. The molecule has 0 amide bonds. The van der Waals surface area contributed by atoms with Crippen LogP contribution in [0.4, 0.5) is 0 Å². The van der Waals surface area contributed by atoms with E-state index < -0.39 is 0 Å². The van der Waals surface area contributed by atoms with E-state index in [0.717, 1.165) is 6.04 Å². The fraction of sp³-hybridized carbons (Fsp3) is 1.00. The van der Waals surface area contributed by atoms with Crippen LogP contribution in [0.1, 0.15) is 85.5 Å². The van der Waals surface area contributed by atoms with Gasteiger partial charge in [-0.2, -0.15) is 0 Å². The summed E-state index contributed by atoms with van der Waals surface area (Å²) >= 11 is 0. The molecule has 0 bridgehead atoms. The van der Waals surface area contributed by atoms with E-state index >= 15 is 0 Å². The van der Waals surface area contributed by atoms with E-state index in [9.17, 15) is 0 Å². The second kappa shape index (κ2) is 7.41. The predicted molar refractivity (Wildman–Crippen MR) is 77.5 cm³/mol. The van der Waals surface area contributed by atoms with Gasteiger partial charge in [0.15, 0.2) is 0 Å². The molecular weight excluding hydrogens is 206 g/mol. The molecule has 1 fully saturated rings. The van der Waals surface area contributed by atoms with Crippen LogP contribution in [0.5, 0.6) is 0 Å². The van der Waals surface area contributed by atoms with Crippen molar-refractivity contribution < 1.29 is 0 Å². The quantitative estimate of drug-likeness (QED) is 0.539. The third-order valence-corrected chi connectivity index (χ3v) is 4.50. The standard InChI is InChI=1S/C16H33N/c1-5-6-7-8-9-10-12-16(4)13-11-14-17(16)15(2)3/h15H,5-14H2,1-4H3. The lowest BCUT2D eigenvalue weighted by Gasteiger charge is -2.38. The minimum Gasteiger partial charge on any atom is -0.296 e. The molecule has 102 valence electrons. The van der Waals surface area contributed by atoms with Crippen molar-refractivity contribution in [3.05, 3.63) is 0 Å². The second-order valence-corrected chi connectivity index (χ2v) is 6.41. The van der Waals surface area contributed by atoms with Crippen molar-refractivity contribution >= 4 is 0 Å². The smallest absolute Gasteiger partial charge is 0.0184 e. The van der Waals surface area contributed by atoms with Crippen molar-refractivity contribution in [2.45, 2.75) is 97.1 Å². The van der Waals surface area contributed by atoms with Crippen LogP contribution in [0.15, 0.2) is 0 Å². The first-order chi connectivity index (χ1) is 8.10. The van der Waals surface area contributed by atoms with Gasteiger partial charge < -0.3 is 0 Å². The number of likely N-dealkylation sites (tertiary alicyclic amines) is 1. The van der Waals surface area contributed by atoms with E-state index in [-0.39, 0.29) is 0 Å². The van der Waals surface area contributed by atoms with Crippen molar-refractivity contribution in [1.82, 2.24) is 4.90 Å². The van der Waals surface area contributed by atoms with Gasteiger partial charge in [-0.25, -0.2) is 0 Å². The van der Waals surface area contributed by atoms with Gasteiger partial charge in [-0.15, -0.1) is 0 Å². The molecule has 17 heavy (non-hydrogen) atoms. The molecule has 1 aliphatic heterocycles. The topological polar surface area (TPSA) is 3.24 Å². The van der Waals surface area contributed by atoms with E-state index in [4.69, 9.17) is 0 Å². The van der Waals surface area contributed by atoms with Gasteiger partial charge in [-0.1, -0.05) is 45.4 Å². The molecule has 0 N–H and O–H groups in total. The molecule has 0 aliphatic carbocycles. The molecule has 0 aromatic rings. The molecule has 1 heteroatoms.